The van der Waals surface area contributed by atoms with E-state index in [1.54, 1.807) is 0 Å². The number of hydrogen-bond acceptors (Lipinski definition) is 6. The molecule has 4 saturated carbocycles. The molecule has 6 nitrogen and oxygen atoms in total. The number of ether oxygens (including phenoxy) is 2. The molecule has 0 saturated heterocycles. The van der Waals surface area contributed by atoms with Crippen molar-refractivity contribution in [1.29, 1.82) is 0 Å². The Labute approximate surface area is 122 Å². The molecule has 114 valence electrons. The highest BCUT2D eigenvalue weighted by molar-refractivity contribution is 6.14. The molecule has 21 heavy (non-hydrogen) atoms. The van der Waals surface area contributed by atoms with E-state index in [0.717, 1.165) is 0 Å². The molecule has 0 aromatic heterocycles. The van der Waals surface area contributed by atoms with E-state index in [2.05, 4.69) is 0 Å². The fraction of sp³-hybridized carbons (Fsp3) is 0.733. The third-order valence-corrected chi connectivity index (χ3v) is 5.49. The van der Waals surface area contributed by atoms with Crippen molar-refractivity contribution < 1.29 is 28.7 Å². The highest BCUT2D eigenvalue weighted by atomic mass is 16.5. The summed E-state index contributed by atoms with van der Waals surface area (Å²) >= 11 is 0. The number of carbonyl (C=O) groups excluding carboxylic acids is 4. The largest absolute Gasteiger partial charge is 0.468 e. The van der Waals surface area contributed by atoms with Gasteiger partial charge in [-0.25, -0.2) is 0 Å². The van der Waals surface area contributed by atoms with Gasteiger partial charge < -0.3 is 9.47 Å². The van der Waals surface area contributed by atoms with E-state index >= 15 is 0 Å². The molecule has 4 bridgehead atoms. The number of ketones is 2. The van der Waals surface area contributed by atoms with Gasteiger partial charge in [0.2, 0.25) is 0 Å². The maximum atomic E-state index is 12.7. The molecule has 4 aliphatic carbocycles. The summed E-state index contributed by atoms with van der Waals surface area (Å²) in [5.74, 6) is -2.44. The van der Waals surface area contributed by atoms with Gasteiger partial charge in [0.25, 0.3) is 0 Å². The summed E-state index contributed by atoms with van der Waals surface area (Å²) < 4.78 is 9.66. The molecule has 0 radical (unpaired) electrons. The average Bonchev–Trinajstić information content (AvgIpc) is 2.66. The lowest BCUT2D eigenvalue weighted by atomic mass is 9.50. The molecular weight excluding hydrogens is 276 g/mol. The lowest BCUT2D eigenvalue weighted by molar-refractivity contribution is -0.182. The van der Waals surface area contributed by atoms with Gasteiger partial charge in [0.05, 0.1) is 14.2 Å². The summed E-state index contributed by atoms with van der Waals surface area (Å²) in [7, 11) is 2.47. The van der Waals surface area contributed by atoms with E-state index in [1.807, 2.05) is 0 Å². The summed E-state index contributed by atoms with van der Waals surface area (Å²) in [6.07, 6.45) is 1.35. The Morgan fingerprint density at radius 3 is 1.62 bits per heavy atom. The number of methoxy groups -OCH3 is 2. The fourth-order valence-electron chi connectivity index (χ4n) is 4.61. The van der Waals surface area contributed by atoms with E-state index in [1.165, 1.54) is 14.2 Å². The second-order valence-corrected chi connectivity index (χ2v) is 6.43. The van der Waals surface area contributed by atoms with Crippen LogP contribution in [0.5, 0.6) is 0 Å². The van der Waals surface area contributed by atoms with Gasteiger partial charge in [0.1, 0.15) is 10.8 Å². The molecule has 0 amide bonds. The number of Topliss-reactive ketones (excluding diaryl/α,β-unsaturated/α-hetero) is 2. The van der Waals surface area contributed by atoms with Crippen LogP contribution in [-0.4, -0.2) is 37.7 Å². The molecule has 6 heteroatoms. The van der Waals surface area contributed by atoms with Crippen LogP contribution >= 0.6 is 0 Å². The summed E-state index contributed by atoms with van der Waals surface area (Å²) in [4.78, 5) is 50.0. The average molecular weight is 294 g/mol. The van der Waals surface area contributed by atoms with E-state index in [4.69, 9.17) is 9.47 Å². The fourth-order valence-corrected chi connectivity index (χ4v) is 4.61. The Hall–Kier alpha value is -1.72. The molecular formula is C15H18O6. The lowest BCUT2D eigenvalue weighted by Crippen LogP contribution is -2.61. The van der Waals surface area contributed by atoms with Crippen LogP contribution in [-0.2, 0) is 28.7 Å². The highest BCUT2D eigenvalue weighted by Gasteiger charge is 2.70. The Morgan fingerprint density at radius 2 is 1.29 bits per heavy atom. The van der Waals surface area contributed by atoms with Crippen molar-refractivity contribution in [2.45, 2.75) is 32.1 Å². The summed E-state index contributed by atoms with van der Waals surface area (Å²) in [6, 6.07) is 0. The second kappa shape index (κ2) is 4.39. The van der Waals surface area contributed by atoms with E-state index in [-0.39, 0.29) is 30.8 Å². The summed E-state index contributed by atoms with van der Waals surface area (Å²) in [5, 5.41) is 0. The Balaban J connectivity index is 2.18. The quantitative estimate of drug-likeness (QED) is 0.549. The Morgan fingerprint density at radius 1 is 0.905 bits per heavy atom. The molecule has 4 rings (SSSR count). The van der Waals surface area contributed by atoms with Gasteiger partial charge in [-0.1, -0.05) is 0 Å². The Kier molecular flexibility index (Phi) is 2.97. The number of hydrogen-bond donors (Lipinski definition) is 0. The molecule has 0 unspecified atom stereocenters. The number of fused-ring (bicyclic) bond motifs is 1. The zero-order valence-electron chi connectivity index (χ0n) is 12.1. The van der Waals surface area contributed by atoms with Crippen molar-refractivity contribution in [1.82, 2.24) is 0 Å². The maximum absolute atomic E-state index is 12.7. The van der Waals surface area contributed by atoms with Gasteiger partial charge in [-0.15, -0.1) is 0 Å². The number of esters is 2. The van der Waals surface area contributed by atoms with Crippen LogP contribution < -0.4 is 0 Å². The molecule has 0 aliphatic heterocycles. The normalized spacial score (nSPS) is 40.9. The first-order valence-electron chi connectivity index (χ1n) is 7.17. The lowest BCUT2D eigenvalue weighted by Gasteiger charge is -2.49. The van der Waals surface area contributed by atoms with Crippen LogP contribution in [0.25, 0.3) is 0 Å². The van der Waals surface area contributed by atoms with Gasteiger partial charge in [-0.05, 0) is 32.1 Å². The first kappa shape index (κ1) is 14.2. The Bertz CT molecular complexity index is 504. The molecule has 4 aliphatic rings. The minimum Gasteiger partial charge on any atom is -0.468 e. The van der Waals surface area contributed by atoms with E-state index in [0.29, 0.717) is 12.8 Å². The van der Waals surface area contributed by atoms with Crippen molar-refractivity contribution in [3.05, 3.63) is 0 Å². The molecule has 0 heterocycles. The van der Waals surface area contributed by atoms with Crippen LogP contribution in [0.15, 0.2) is 0 Å². The van der Waals surface area contributed by atoms with Crippen molar-refractivity contribution >= 4 is 23.5 Å². The highest BCUT2D eigenvalue weighted by Crippen LogP contribution is 2.60. The zero-order chi connectivity index (χ0) is 15.4. The standard InChI is InChI=1S/C15H18O6/c1-20-12(18)14-5-8-3-4-9(10(14)16)6-15(7-14,11(8)17)13(19)21-2/h8-9H,3-7H2,1-2H3/t8-,9+,14-,15-/m0/s1. The van der Waals surface area contributed by atoms with Crippen molar-refractivity contribution in [3.63, 3.8) is 0 Å². The predicted molar refractivity (Wildman–Crippen MR) is 69.0 cm³/mol. The van der Waals surface area contributed by atoms with Gasteiger partial charge >= 0.3 is 11.9 Å². The SMILES string of the molecule is COC(=O)[C@@]12C[C@@H]3CC[C@H](C[C@](C(=O)OC)(C1)C3=O)C2=O. The number of carbonyl (C=O) groups is 4. The minimum atomic E-state index is -1.35. The second-order valence-electron chi connectivity index (χ2n) is 6.43. The van der Waals surface area contributed by atoms with Gasteiger partial charge in [0, 0.05) is 11.8 Å². The van der Waals surface area contributed by atoms with Crippen LogP contribution in [0.4, 0.5) is 0 Å². The van der Waals surface area contributed by atoms with Gasteiger partial charge in [0.15, 0.2) is 11.6 Å². The van der Waals surface area contributed by atoms with Crippen molar-refractivity contribution in [2.75, 3.05) is 14.2 Å². The topological polar surface area (TPSA) is 86.7 Å². The first-order chi connectivity index (χ1) is 9.91. The van der Waals surface area contributed by atoms with Crippen LogP contribution in [0, 0.1) is 22.7 Å². The van der Waals surface area contributed by atoms with Crippen molar-refractivity contribution in [3.8, 4) is 0 Å². The molecule has 0 spiro atoms. The van der Waals surface area contributed by atoms with E-state index in [9.17, 15) is 19.2 Å². The summed E-state index contributed by atoms with van der Waals surface area (Å²) in [5.41, 5.74) is -2.69. The molecule has 4 fully saturated rings. The zero-order valence-corrected chi connectivity index (χ0v) is 12.1. The minimum absolute atomic E-state index is 0.0932. The molecule has 0 aromatic carbocycles. The third kappa shape index (κ3) is 1.59. The van der Waals surface area contributed by atoms with Crippen LogP contribution in [0.3, 0.4) is 0 Å². The molecule has 0 N–H and O–H groups in total. The smallest absolute Gasteiger partial charge is 0.319 e. The number of rotatable bonds is 2. The monoisotopic (exact) mass is 294 g/mol. The summed E-state index contributed by atoms with van der Waals surface area (Å²) in [6.45, 7) is 0. The van der Waals surface area contributed by atoms with Gasteiger partial charge in [-0.2, -0.15) is 0 Å². The maximum Gasteiger partial charge on any atom is 0.319 e. The third-order valence-electron chi connectivity index (χ3n) is 5.49. The van der Waals surface area contributed by atoms with Crippen molar-refractivity contribution in [2.24, 2.45) is 22.7 Å². The van der Waals surface area contributed by atoms with Crippen LogP contribution in [0.1, 0.15) is 32.1 Å². The van der Waals surface area contributed by atoms with Gasteiger partial charge in [-0.3, -0.25) is 19.2 Å². The molecule has 0 aromatic rings. The van der Waals surface area contributed by atoms with E-state index < -0.39 is 34.6 Å². The van der Waals surface area contributed by atoms with Crippen LogP contribution in [0.2, 0.25) is 0 Å². The predicted octanol–water partition coefficient (Wildman–Crippen LogP) is 0.667. The molecule has 4 atom stereocenters. The first-order valence-corrected chi connectivity index (χ1v) is 7.17.